The van der Waals surface area contributed by atoms with Crippen LogP contribution in [0, 0.1) is 0 Å². The number of hydrogen-bond donors (Lipinski definition) is 0. The normalized spacial score (nSPS) is 13.3. The molecule has 0 atom stereocenters. The molecular formula is C58H32BF24N. The highest BCUT2D eigenvalue weighted by molar-refractivity contribution is 7.20. The minimum Gasteiger partial charge on any atom is -0.194 e. The first-order chi connectivity index (χ1) is 38.7. The third-order valence-corrected chi connectivity index (χ3v) is 13.6. The minimum atomic E-state index is -6.13. The molecule has 0 aliphatic heterocycles. The Bertz CT molecular complexity index is 3440. The van der Waals surface area contributed by atoms with Crippen molar-refractivity contribution >= 4 is 49.5 Å². The fourth-order valence-electron chi connectivity index (χ4n) is 9.97. The fraction of sp³-hybridized carbons (Fsp3) is 0.155. The van der Waals surface area contributed by atoms with Crippen molar-refractivity contribution in [1.82, 2.24) is 0 Å². The van der Waals surface area contributed by atoms with Crippen LogP contribution in [-0.2, 0) is 56.0 Å². The highest BCUT2D eigenvalue weighted by Gasteiger charge is 2.47. The largest absolute Gasteiger partial charge is 0.416 e. The summed E-state index contributed by atoms with van der Waals surface area (Å²) in [7, 11) is 0. The summed E-state index contributed by atoms with van der Waals surface area (Å²) in [6.45, 7) is 0.851. The van der Waals surface area contributed by atoms with Crippen LogP contribution < -0.4 is 26.4 Å². The Morgan fingerprint density at radius 2 is 0.548 bits per heavy atom. The van der Waals surface area contributed by atoms with E-state index in [-0.39, 0.29) is 0 Å². The van der Waals surface area contributed by atoms with Crippen molar-refractivity contribution < 1.29 is 110 Å². The molecule has 0 fully saturated rings. The highest BCUT2D eigenvalue weighted by Crippen LogP contribution is 2.42. The van der Waals surface area contributed by atoms with Crippen LogP contribution in [0.5, 0.6) is 0 Å². The maximum atomic E-state index is 14.2. The summed E-state index contributed by atoms with van der Waals surface area (Å²) < 4.78 is 343. The number of alkyl halides is 24. The van der Waals surface area contributed by atoms with Crippen molar-refractivity contribution in [2.75, 3.05) is 0 Å². The molecule has 0 bridgehead atoms. The second-order valence-corrected chi connectivity index (χ2v) is 19.1. The molecule has 0 aliphatic carbocycles. The molecule has 8 aromatic carbocycles. The van der Waals surface area contributed by atoms with E-state index in [4.69, 9.17) is 0 Å². The van der Waals surface area contributed by atoms with Gasteiger partial charge in [0.15, 0.2) is 12.7 Å². The van der Waals surface area contributed by atoms with Crippen molar-refractivity contribution in [3.8, 4) is 11.3 Å². The zero-order valence-electron chi connectivity index (χ0n) is 41.6. The summed E-state index contributed by atoms with van der Waals surface area (Å²) >= 11 is 0. The summed E-state index contributed by atoms with van der Waals surface area (Å²) in [6.07, 6.45) is -52.6. The lowest BCUT2D eigenvalue weighted by Gasteiger charge is -2.46. The maximum absolute atomic E-state index is 14.2. The van der Waals surface area contributed by atoms with Crippen LogP contribution in [-0.4, -0.2) is 6.15 Å². The van der Waals surface area contributed by atoms with Crippen LogP contribution in [0.1, 0.15) is 50.1 Å². The van der Waals surface area contributed by atoms with Crippen LogP contribution in [0.2, 0.25) is 0 Å². The number of fused-ring (bicyclic) bond motifs is 2. The molecule has 84 heavy (non-hydrogen) atoms. The smallest absolute Gasteiger partial charge is 0.194 e. The Balaban J connectivity index is 0.000000280. The van der Waals surface area contributed by atoms with Crippen molar-refractivity contribution in [3.63, 3.8) is 0 Å². The van der Waals surface area contributed by atoms with E-state index in [0.29, 0.717) is 0 Å². The Kier molecular flexibility index (Phi) is 16.0. The summed E-state index contributed by atoms with van der Waals surface area (Å²) in [4.78, 5) is 0. The van der Waals surface area contributed by atoms with Crippen LogP contribution in [0.4, 0.5) is 105 Å². The van der Waals surface area contributed by atoms with Gasteiger partial charge >= 0.3 is 49.4 Å². The molecule has 0 radical (unpaired) electrons. The molecule has 1 heterocycles. The van der Waals surface area contributed by atoms with Gasteiger partial charge in [-0.2, -0.15) is 132 Å². The van der Waals surface area contributed by atoms with E-state index < -0.39 is 195 Å². The Hall–Kier alpha value is -8.19. The molecule has 26 heteroatoms. The van der Waals surface area contributed by atoms with E-state index in [9.17, 15) is 105 Å². The number of nitrogens with zero attached hydrogens (tertiary/aromatic N) is 1. The predicted octanol–water partition coefficient (Wildman–Crippen LogP) is 17.2. The molecule has 0 amide bonds. The van der Waals surface area contributed by atoms with Gasteiger partial charge < -0.3 is 0 Å². The summed E-state index contributed by atoms with van der Waals surface area (Å²) in [5, 5.41) is 5.12. The summed E-state index contributed by atoms with van der Waals surface area (Å²) in [5.74, 6) is 0. The van der Waals surface area contributed by atoms with Gasteiger partial charge in [-0.3, -0.25) is 0 Å². The van der Waals surface area contributed by atoms with Crippen LogP contribution in [0.25, 0.3) is 32.8 Å². The molecule has 440 valence electrons. The third kappa shape index (κ3) is 13.1. The molecule has 0 spiro atoms. The molecule has 1 aromatic heterocycles. The van der Waals surface area contributed by atoms with Gasteiger partial charge in [-0.1, -0.05) is 133 Å². The number of halogens is 24. The predicted molar refractivity (Wildman–Crippen MR) is 263 cm³/mol. The van der Waals surface area contributed by atoms with Gasteiger partial charge in [-0.05, 0) is 52.6 Å². The lowest BCUT2D eigenvalue weighted by atomic mass is 9.12. The first kappa shape index (κ1) is 61.9. The second kappa shape index (κ2) is 21.8. The number of hydrogen-bond acceptors (Lipinski definition) is 0. The lowest BCUT2D eigenvalue weighted by molar-refractivity contribution is -0.676. The van der Waals surface area contributed by atoms with Gasteiger partial charge in [0.1, 0.15) is 6.15 Å². The van der Waals surface area contributed by atoms with Crippen molar-refractivity contribution in [2.45, 2.75) is 56.0 Å². The van der Waals surface area contributed by atoms with Crippen molar-refractivity contribution in [3.05, 3.63) is 232 Å². The first-order valence-electron chi connectivity index (χ1n) is 24.0. The Morgan fingerprint density at radius 1 is 0.274 bits per heavy atom. The van der Waals surface area contributed by atoms with E-state index in [1.165, 1.54) is 38.4 Å². The number of pyridine rings is 1. The topological polar surface area (TPSA) is 3.88 Å². The lowest BCUT2D eigenvalue weighted by Crippen LogP contribution is -2.75. The Labute approximate surface area is 457 Å². The monoisotopic (exact) mass is 1210 g/mol. The van der Waals surface area contributed by atoms with E-state index in [0.717, 1.165) is 6.54 Å². The van der Waals surface area contributed by atoms with E-state index in [1.807, 2.05) is 0 Å². The average Bonchev–Trinajstić information content (AvgIpc) is 1.18. The molecule has 0 saturated heterocycles. The van der Waals surface area contributed by atoms with Gasteiger partial charge in [0.2, 0.25) is 5.69 Å². The SMILES string of the molecule is FC(F)(F)c1cc([B-](c2cc(C(F)(F)F)cc(C(F)(F)F)c2)(c2cc(C(F)(F)F)cc(C(F)(F)F)c2)c2cc(C(F)(F)F)cc(C(F)(F)F)c2)cc(C(F)(F)F)c1.c1ccc(C[n+]2ccc3ccccc3c2-c2cccc3ccccc23)cc1. The van der Waals surface area contributed by atoms with E-state index in [1.54, 1.807) is 0 Å². The van der Waals surface area contributed by atoms with Crippen LogP contribution in [0.15, 0.2) is 182 Å². The number of benzene rings is 8. The summed E-state index contributed by atoms with van der Waals surface area (Å²) in [5.41, 5.74) is -26.3. The number of aromatic nitrogens is 1. The van der Waals surface area contributed by atoms with Gasteiger partial charge in [0, 0.05) is 11.6 Å². The zero-order chi connectivity index (χ0) is 62.0. The van der Waals surface area contributed by atoms with E-state index in [2.05, 4.69) is 114 Å². The molecule has 0 saturated carbocycles. The summed E-state index contributed by atoms with van der Waals surface area (Å²) in [6, 6.07) is 27.9. The standard InChI is InChI=1S/C32H12BF24.C26H20N/c34-25(35,36)13-1-14(26(37,38)39)6-21(5-13)33(22-7-15(27(40,41)42)2-16(8-22)28(43,44)45,23-9-17(29(46,47)48)3-18(10-23)30(49,50)51)24-11-19(31(52,53)54)4-20(12-24)32(55,56)57;1-2-9-20(10-3-1)19-27-18-17-22-12-5-7-15-24(22)26(27)25-16-8-13-21-11-4-6-14-23(21)25/h1-12H;1-18H,19H2/q-1;+1. The number of rotatable bonds is 7. The third-order valence-electron chi connectivity index (χ3n) is 13.6. The molecule has 9 rings (SSSR count). The molecule has 9 aromatic rings. The van der Waals surface area contributed by atoms with E-state index >= 15 is 0 Å². The maximum Gasteiger partial charge on any atom is 0.416 e. The van der Waals surface area contributed by atoms with Gasteiger partial charge in [0.25, 0.3) is 0 Å². The van der Waals surface area contributed by atoms with Crippen molar-refractivity contribution in [2.24, 2.45) is 0 Å². The highest BCUT2D eigenvalue weighted by atomic mass is 19.4. The average molecular weight is 1210 g/mol. The second-order valence-electron chi connectivity index (χ2n) is 19.1. The van der Waals surface area contributed by atoms with Crippen molar-refractivity contribution in [1.29, 1.82) is 0 Å². The van der Waals surface area contributed by atoms with Gasteiger partial charge in [0.05, 0.1) is 55.5 Å². The van der Waals surface area contributed by atoms with Crippen LogP contribution in [0.3, 0.4) is 0 Å². The Morgan fingerprint density at radius 3 is 0.869 bits per heavy atom. The molecular weight excluding hydrogens is 1180 g/mol. The molecule has 0 N–H and O–H groups in total. The quantitative estimate of drug-likeness (QED) is 0.0851. The van der Waals surface area contributed by atoms with Gasteiger partial charge in [-0.25, -0.2) is 0 Å². The first-order valence-corrected chi connectivity index (χ1v) is 24.0. The minimum absolute atomic E-state index is 0.691. The zero-order valence-corrected chi connectivity index (χ0v) is 41.6. The molecule has 1 nitrogen and oxygen atoms in total. The molecule has 0 unspecified atom stereocenters. The fourth-order valence-corrected chi connectivity index (χ4v) is 9.97. The van der Waals surface area contributed by atoms with Crippen LogP contribution >= 0.6 is 0 Å². The van der Waals surface area contributed by atoms with Gasteiger partial charge in [-0.15, -0.1) is 0 Å². The molecule has 0 aliphatic rings.